The number of hydrogen-bond donors (Lipinski definition) is 1. The van der Waals surface area contributed by atoms with Crippen LogP contribution in [0.2, 0.25) is 0 Å². The van der Waals surface area contributed by atoms with Crippen molar-refractivity contribution in [2.45, 2.75) is 6.92 Å². The monoisotopic (exact) mass is 464 g/mol. The Kier molecular flexibility index (Phi) is 6.90. The number of fused-ring (bicyclic) bond motifs is 1. The summed E-state index contributed by atoms with van der Waals surface area (Å²) in [5.41, 5.74) is 9.61. The number of ether oxygens (including phenoxy) is 4. The Morgan fingerprint density at radius 1 is 1.11 bits per heavy atom. The van der Waals surface area contributed by atoms with Gasteiger partial charge in [-0.3, -0.25) is 0 Å². The fourth-order valence-corrected chi connectivity index (χ4v) is 4.02. The summed E-state index contributed by atoms with van der Waals surface area (Å²) >= 11 is 5.13. The van der Waals surface area contributed by atoms with Gasteiger partial charge in [0.2, 0.25) is 0 Å². The first-order valence-corrected chi connectivity index (χ1v) is 10.0. The quantitative estimate of drug-likeness (QED) is 0.369. The highest BCUT2D eigenvalue weighted by molar-refractivity contribution is 9.10. The Morgan fingerprint density at radius 2 is 1.86 bits per heavy atom. The molecule has 2 aromatic carbocycles. The summed E-state index contributed by atoms with van der Waals surface area (Å²) in [5.74, 6) is 1.24. The molecule has 3 aromatic rings. The Balaban J connectivity index is 1.92. The summed E-state index contributed by atoms with van der Waals surface area (Å²) in [6.45, 7) is 2.24. The lowest BCUT2D eigenvalue weighted by Gasteiger charge is -2.14. The van der Waals surface area contributed by atoms with E-state index in [1.807, 2.05) is 43.3 Å². The molecule has 0 spiro atoms. The molecule has 0 unspecified atom stereocenters. The minimum atomic E-state index is 0.118. The van der Waals surface area contributed by atoms with Crippen molar-refractivity contribution in [1.82, 2.24) is 4.98 Å². The minimum absolute atomic E-state index is 0.118. The Labute approximate surface area is 176 Å². The van der Waals surface area contributed by atoms with E-state index in [1.54, 1.807) is 25.6 Å². The number of anilines is 1. The maximum absolute atomic E-state index is 6.00. The van der Waals surface area contributed by atoms with Gasteiger partial charge in [-0.05, 0) is 64.8 Å². The van der Waals surface area contributed by atoms with E-state index in [2.05, 4.69) is 20.9 Å². The average molecular weight is 465 g/mol. The van der Waals surface area contributed by atoms with E-state index < -0.39 is 0 Å². The van der Waals surface area contributed by atoms with Crippen LogP contribution in [0.1, 0.15) is 16.1 Å². The van der Waals surface area contributed by atoms with Crippen molar-refractivity contribution in [3.05, 3.63) is 44.9 Å². The standard InChI is InChI=1S/C20H21BrN2O4S/c1-12-8-15-17(9-14(12)22)28-18(23-15)7-5-13-4-6-16(26-10-24-2)19(21)20(13)27-11-25-3/h4-9H,10-11,22H2,1-3H3/b7-5+. The van der Waals surface area contributed by atoms with Crippen molar-refractivity contribution in [2.24, 2.45) is 0 Å². The Bertz CT molecular complexity index is 965. The third-order valence-corrected chi connectivity index (χ3v) is 5.68. The van der Waals surface area contributed by atoms with Crippen LogP contribution in [-0.2, 0) is 9.47 Å². The van der Waals surface area contributed by atoms with Crippen LogP contribution < -0.4 is 15.2 Å². The molecule has 8 heteroatoms. The molecule has 0 aliphatic carbocycles. The number of nitrogens with zero attached hydrogens (tertiary/aromatic N) is 1. The molecule has 0 amide bonds. The van der Waals surface area contributed by atoms with Crippen molar-refractivity contribution >= 4 is 55.3 Å². The van der Waals surface area contributed by atoms with E-state index in [0.717, 1.165) is 32.0 Å². The molecular weight excluding hydrogens is 444 g/mol. The zero-order valence-electron chi connectivity index (χ0n) is 15.8. The zero-order chi connectivity index (χ0) is 20.1. The van der Waals surface area contributed by atoms with E-state index in [9.17, 15) is 0 Å². The topological polar surface area (TPSA) is 75.8 Å². The van der Waals surface area contributed by atoms with Crippen LogP contribution in [0, 0.1) is 6.92 Å². The highest BCUT2D eigenvalue weighted by Crippen LogP contribution is 2.38. The van der Waals surface area contributed by atoms with Gasteiger partial charge in [-0.1, -0.05) is 0 Å². The predicted molar refractivity (Wildman–Crippen MR) is 117 cm³/mol. The number of hydrogen-bond acceptors (Lipinski definition) is 7. The van der Waals surface area contributed by atoms with Crippen molar-refractivity contribution in [1.29, 1.82) is 0 Å². The molecule has 0 atom stereocenters. The first-order valence-electron chi connectivity index (χ1n) is 8.44. The normalized spacial score (nSPS) is 11.4. The molecular formula is C20H21BrN2O4S. The maximum Gasteiger partial charge on any atom is 0.188 e. The first kappa shape index (κ1) is 20.6. The van der Waals surface area contributed by atoms with E-state index in [1.165, 1.54) is 0 Å². The summed E-state index contributed by atoms with van der Waals surface area (Å²) in [7, 11) is 3.14. The number of benzene rings is 2. The van der Waals surface area contributed by atoms with Gasteiger partial charge < -0.3 is 24.7 Å². The third kappa shape index (κ3) is 4.64. The van der Waals surface area contributed by atoms with Gasteiger partial charge in [0, 0.05) is 25.5 Å². The lowest BCUT2D eigenvalue weighted by Crippen LogP contribution is -2.04. The number of aromatic nitrogens is 1. The fraction of sp³-hybridized carbons (Fsp3) is 0.250. The van der Waals surface area contributed by atoms with Gasteiger partial charge in [-0.2, -0.15) is 0 Å². The molecule has 28 heavy (non-hydrogen) atoms. The molecule has 0 bridgehead atoms. The number of nitrogen functional groups attached to an aromatic ring is 1. The second-order valence-electron chi connectivity index (χ2n) is 5.96. The maximum atomic E-state index is 6.00. The smallest absolute Gasteiger partial charge is 0.188 e. The van der Waals surface area contributed by atoms with Crippen molar-refractivity contribution < 1.29 is 18.9 Å². The lowest BCUT2D eigenvalue weighted by atomic mass is 10.1. The molecule has 1 aromatic heterocycles. The average Bonchev–Trinajstić information content (AvgIpc) is 3.06. The van der Waals surface area contributed by atoms with Crippen LogP contribution >= 0.6 is 27.3 Å². The summed E-state index contributed by atoms with van der Waals surface area (Å²) < 4.78 is 23.1. The summed E-state index contributed by atoms with van der Waals surface area (Å²) in [6.07, 6.45) is 3.90. The molecule has 2 N–H and O–H groups in total. The highest BCUT2D eigenvalue weighted by atomic mass is 79.9. The SMILES string of the molecule is COCOc1ccc(/C=C/c2nc3cc(C)c(N)cc3s2)c(OCOC)c1Br. The number of halogens is 1. The fourth-order valence-electron chi connectivity index (χ4n) is 2.53. The van der Waals surface area contributed by atoms with Gasteiger partial charge in [0.15, 0.2) is 13.6 Å². The van der Waals surface area contributed by atoms with Crippen molar-refractivity contribution in [3.63, 3.8) is 0 Å². The first-order chi connectivity index (χ1) is 13.5. The van der Waals surface area contributed by atoms with Gasteiger partial charge in [0.1, 0.15) is 21.0 Å². The van der Waals surface area contributed by atoms with Crippen molar-refractivity contribution in [2.75, 3.05) is 33.5 Å². The van der Waals surface area contributed by atoms with Crippen molar-refractivity contribution in [3.8, 4) is 11.5 Å². The van der Waals surface area contributed by atoms with E-state index in [-0.39, 0.29) is 13.6 Å². The zero-order valence-corrected chi connectivity index (χ0v) is 18.2. The van der Waals surface area contributed by atoms with Gasteiger partial charge in [0.25, 0.3) is 0 Å². The molecule has 0 fully saturated rings. The molecule has 148 valence electrons. The second-order valence-corrected chi connectivity index (χ2v) is 7.81. The Hall–Kier alpha value is -2.13. The molecule has 1 heterocycles. The second kappa shape index (κ2) is 9.38. The number of methoxy groups -OCH3 is 2. The highest BCUT2D eigenvalue weighted by Gasteiger charge is 2.13. The van der Waals surface area contributed by atoms with Gasteiger partial charge >= 0.3 is 0 Å². The molecule has 0 aliphatic rings. The van der Waals surface area contributed by atoms with E-state index >= 15 is 0 Å². The molecule has 0 aliphatic heterocycles. The van der Waals surface area contributed by atoms with Crippen LogP contribution in [0.25, 0.3) is 22.4 Å². The summed E-state index contributed by atoms with van der Waals surface area (Å²) in [5, 5.41) is 0.883. The summed E-state index contributed by atoms with van der Waals surface area (Å²) in [6, 6.07) is 7.73. The minimum Gasteiger partial charge on any atom is -0.466 e. The van der Waals surface area contributed by atoms with Crippen LogP contribution in [0.15, 0.2) is 28.7 Å². The van der Waals surface area contributed by atoms with Crippen LogP contribution in [0.5, 0.6) is 11.5 Å². The predicted octanol–water partition coefficient (Wildman–Crippen LogP) is 5.09. The molecule has 6 nitrogen and oxygen atoms in total. The third-order valence-electron chi connectivity index (χ3n) is 3.94. The molecule has 3 rings (SSSR count). The number of rotatable bonds is 8. The van der Waals surface area contributed by atoms with E-state index in [4.69, 9.17) is 24.7 Å². The number of aryl methyl sites for hydroxylation is 1. The molecule has 0 saturated carbocycles. The van der Waals surface area contributed by atoms with Crippen LogP contribution in [0.4, 0.5) is 5.69 Å². The number of thiazole rings is 1. The molecule has 0 saturated heterocycles. The lowest BCUT2D eigenvalue weighted by molar-refractivity contribution is 0.0449. The van der Waals surface area contributed by atoms with Gasteiger partial charge in [0.05, 0.1) is 10.2 Å². The number of nitrogens with two attached hydrogens (primary N) is 1. The van der Waals surface area contributed by atoms with Gasteiger partial charge in [-0.15, -0.1) is 11.3 Å². The Morgan fingerprint density at radius 3 is 2.61 bits per heavy atom. The largest absolute Gasteiger partial charge is 0.466 e. The molecule has 0 radical (unpaired) electrons. The van der Waals surface area contributed by atoms with Crippen LogP contribution in [0.3, 0.4) is 0 Å². The van der Waals surface area contributed by atoms with Gasteiger partial charge in [-0.25, -0.2) is 4.98 Å². The van der Waals surface area contributed by atoms with Crippen LogP contribution in [-0.4, -0.2) is 32.8 Å². The summed E-state index contributed by atoms with van der Waals surface area (Å²) in [4.78, 5) is 4.66. The van der Waals surface area contributed by atoms with E-state index in [0.29, 0.717) is 16.0 Å².